The molecule has 9 heteroatoms. The number of H-pyrrole nitrogens is 1. The Morgan fingerprint density at radius 1 is 1.25 bits per heavy atom. The van der Waals surface area contributed by atoms with Gasteiger partial charge in [-0.2, -0.15) is 0 Å². The third-order valence-electron chi connectivity index (χ3n) is 5.65. The van der Waals surface area contributed by atoms with Crippen LogP contribution in [0.4, 0.5) is 4.79 Å². The summed E-state index contributed by atoms with van der Waals surface area (Å²) in [6.07, 6.45) is 3.01. The molecule has 1 saturated heterocycles. The minimum absolute atomic E-state index is 0.162. The summed E-state index contributed by atoms with van der Waals surface area (Å²) >= 11 is 0. The molecule has 3 amide bonds. The Kier molecular flexibility index (Phi) is 7.50. The van der Waals surface area contributed by atoms with Gasteiger partial charge in [-0.15, -0.1) is 0 Å². The number of nitrogens with zero attached hydrogens (tertiary/aromatic N) is 4. The molecule has 0 bridgehead atoms. The lowest BCUT2D eigenvalue weighted by atomic mass is 9.99. The van der Waals surface area contributed by atoms with E-state index < -0.39 is 5.54 Å². The fraction of sp³-hybridized carbons (Fsp3) is 0.478. The van der Waals surface area contributed by atoms with E-state index in [0.29, 0.717) is 32.5 Å². The van der Waals surface area contributed by atoms with Crippen molar-refractivity contribution in [2.45, 2.75) is 45.7 Å². The summed E-state index contributed by atoms with van der Waals surface area (Å²) in [6.45, 7) is 7.83. The molecular weight excluding hydrogens is 406 g/mol. The molecule has 0 spiro atoms. The lowest BCUT2D eigenvalue weighted by molar-refractivity contribution is -0.130. The van der Waals surface area contributed by atoms with Crippen molar-refractivity contribution < 1.29 is 9.59 Å². The van der Waals surface area contributed by atoms with Gasteiger partial charge in [-0.3, -0.25) is 14.7 Å². The van der Waals surface area contributed by atoms with Crippen molar-refractivity contribution in [3.8, 4) is 11.3 Å². The van der Waals surface area contributed by atoms with Crippen LogP contribution in [0.25, 0.3) is 11.3 Å². The first kappa shape index (κ1) is 23.3. The number of aliphatic imine (C=N–C) groups is 1. The molecule has 172 valence electrons. The minimum Gasteiger partial charge on any atom is -0.357 e. The number of imidazole rings is 1. The van der Waals surface area contributed by atoms with Crippen LogP contribution in [0.15, 0.2) is 41.5 Å². The van der Waals surface area contributed by atoms with Crippen molar-refractivity contribution in [2.75, 3.05) is 26.7 Å². The fourth-order valence-electron chi connectivity index (χ4n) is 3.58. The first-order chi connectivity index (χ1) is 15.4. The average molecular weight is 440 g/mol. The van der Waals surface area contributed by atoms with Crippen LogP contribution in [0, 0.1) is 0 Å². The zero-order chi connectivity index (χ0) is 23.1. The quantitative estimate of drug-likeness (QED) is 0.241. The lowest BCUT2D eigenvalue weighted by Gasteiger charge is -2.21. The van der Waals surface area contributed by atoms with Gasteiger partial charge in [0.2, 0.25) is 0 Å². The van der Waals surface area contributed by atoms with E-state index in [1.54, 1.807) is 6.92 Å². The Labute approximate surface area is 189 Å². The number of imide groups is 1. The SMILES string of the molecule is CCNC(=NCCCN1C(=O)NC(C)(CC)C1=O)N(C)Cc1ncc(-c2ccccc2)[nH]1. The van der Waals surface area contributed by atoms with Crippen molar-refractivity contribution >= 4 is 17.9 Å². The number of nitrogens with one attached hydrogen (secondary N) is 3. The molecule has 2 aromatic rings. The van der Waals surface area contributed by atoms with Crippen LogP contribution < -0.4 is 10.6 Å². The van der Waals surface area contributed by atoms with E-state index in [2.05, 4.69) is 25.6 Å². The van der Waals surface area contributed by atoms with Gasteiger partial charge >= 0.3 is 6.03 Å². The maximum absolute atomic E-state index is 12.5. The summed E-state index contributed by atoms with van der Waals surface area (Å²) in [5.41, 5.74) is 1.27. The number of urea groups is 1. The molecule has 1 aliphatic rings. The van der Waals surface area contributed by atoms with Crippen LogP contribution in [0.1, 0.15) is 39.4 Å². The highest BCUT2D eigenvalue weighted by molar-refractivity contribution is 6.06. The number of carbonyl (C=O) groups excluding carboxylic acids is 2. The minimum atomic E-state index is -0.795. The summed E-state index contributed by atoms with van der Waals surface area (Å²) in [5, 5.41) is 6.06. The van der Waals surface area contributed by atoms with E-state index in [9.17, 15) is 9.59 Å². The highest BCUT2D eigenvalue weighted by Gasteiger charge is 2.45. The number of guanidine groups is 1. The Morgan fingerprint density at radius 3 is 2.66 bits per heavy atom. The van der Waals surface area contributed by atoms with Gasteiger partial charge in [-0.1, -0.05) is 37.3 Å². The van der Waals surface area contributed by atoms with Crippen molar-refractivity contribution in [1.29, 1.82) is 0 Å². The zero-order valence-corrected chi connectivity index (χ0v) is 19.3. The summed E-state index contributed by atoms with van der Waals surface area (Å²) in [4.78, 5) is 40.4. The first-order valence-electron chi connectivity index (χ1n) is 11.1. The van der Waals surface area contributed by atoms with E-state index in [0.717, 1.165) is 29.6 Å². The van der Waals surface area contributed by atoms with Crippen LogP contribution in [0.3, 0.4) is 0 Å². The van der Waals surface area contributed by atoms with Crippen molar-refractivity contribution in [1.82, 2.24) is 30.4 Å². The van der Waals surface area contributed by atoms with Gasteiger partial charge in [0.15, 0.2) is 5.96 Å². The molecule has 1 aromatic heterocycles. The molecule has 0 radical (unpaired) electrons. The normalized spacial score (nSPS) is 18.8. The molecule has 1 fully saturated rings. The molecule has 1 unspecified atom stereocenters. The van der Waals surface area contributed by atoms with Gasteiger partial charge < -0.3 is 20.5 Å². The van der Waals surface area contributed by atoms with E-state index in [-0.39, 0.29) is 11.9 Å². The largest absolute Gasteiger partial charge is 0.357 e. The van der Waals surface area contributed by atoms with Crippen molar-refractivity contribution in [2.24, 2.45) is 4.99 Å². The third-order valence-corrected chi connectivity index (χ3v) is 5.65. The van der Waals surface area contributed by atoms with Gasteiger partial charge in [-0.05, 0) is 32.3 Å². The summed E-state index contributed by atoms with van der Waals surface area (Å²) < 4.78 is 0. The molecule has 1 aliphatic heterocycles. The molecule has 3 N–H and O–H groups in total. The number of amides is 3. The van der Waals surface area contributed by atoms with Gasteiger partial charge in [0, 0.05) is 26.7 Å². The van der Waals surface area contributed by atoms with E-state index in [1.807, 2.05) is 62.3 Å². The smallest absolute Gasteiger partial charge is 0.325 e. The monoisotopic (exact) mass is 439 g/mol. The number of aromatic amines is 1. The van der Waals surface area contributed by atoms with Gasteiger partial charge in [0.25, 0.3) is 5.91 Å². The van der Waals surface area contributed by atoms with Crippen LogP contribution in [-0.2, 0) is 11.3 Å². The van der Waals surface area contributed by atoms with E-state index >= 15 is 0 Å². The first-order valence-corrected chi connectivity index (χ1v) is 11.1. The second kappa shape index (κ2) is 10.3. The number of hydrogen-bond acceptors (Lipinski definition) is 4. The molecule has 0 saturated carbocycles. The average Bonchev–Trinajstić information content (AvgIpc) is 3.34. The second-order valence-corrected chi connectivity index (χ2v) is 8.13. The molecular formula is C23H33N7O2. The number of carbonyl (C=O) groups is 2. The summed E-state index contributed by atoms with van der Waals surface area (Å²) in [6, 6.07) is 9.75. The summed E-state index contributed by atoms with van der Waals surface area (Å²) in [7, 11) is 1.95. The maximum Gasteiger partial charge on any atom is 0.325 e. The van der Waals surface area contributed by atoms with Gasteiger partial charge in [0.05, 0.1) is 18.4 Å². The number of hydrogen-bond donors (Lipinski definition) is 3. The maximum atomic E-state index is 12.5. The Bertz CT molecular complexity index is 956. The highest BCUT2D eigenvalue weighted by Crippen LogP contribution is 2.21. The molecule has 1 atom stereocenters. The van der Waals surface area contributed by atoms with E-state index in [4.69, 9.17) is 0 Å². The number of aromatic nitrogens is 2. The molecule has 2 heterocycles. The second-order valence-electron chi connectivity index (χ2n) is 8.13. The standard InChI is InChI=1S/C23H33N7O2/c1-5-23(3)20(31)30(22(32)28-23)14-10-13-25-21(24-6-2)29(4)16-19-26-15-18(27-19)17-11-8-7-9-12-17/h7-9,11-12,15H,5-6,10,13-14,16H2,1-4H3,(H,24,25)(H,26,27)(H,28,32). The molecule has 0 aliphatic carbocycles. The summed E-state index contributed by atoms with van der Waals surface area (Å²) in [5.74, 6) is 1.43. The lowest BCUT2D eigenvalue weighted by Crippen LogP contribution is -2.43. The van der Waals surface area contributed by atoms with Gasteiger partial charge in [-0.25, -0.2) is 9.78 Å². The number of benzene rings is 1. The van der Waals surface area contributed by atoms with E-state index in [1.165, 1.54) is 4.90 Å². The Balaban J connectivity index is 1.56. The molecule has 1 aromatic carbocycles. The van der Waals surface area contributed by atoms with Crippen LogP contribution in [0.2, 0.25) is 0 Å². The van der Waals surface area contributed by atoms with Crippen LogP contribution in [0.5, 0.6) is 0 Å². The predicted octanol–water partition coefficient (Wildman–Crippen LogP) is 2.58. The number of rotatable bonds is 9. The highest BCUT2D eigenvalue weighted by atomic mass is 16.2. The van der Waals surface area contributed by atoms with Crippen LogP contribution >= 0.6 is 0 Å². The molecule has 3 rings (SSSR count). The van der Waals surface area contributed by atoms with Crippen molar-refractivity contribution in [3.05, 3.63) is 42.4 Å². The topological polar surface area (TPSA) is 106 Å². The third kappa shape index (κ3) is 5.27. The Morgan fingerprint density at radius 2 is 2.00 bits per heavy atom. The predicted molar refractivity (Wildman–Crippen MR) is 125 cm³/mol. The Hall–Kier alpha value is -3.36. The zero-order valence-electron chi connectivity index (χ0n) is 19.3. The van der Waals surface area contributed by atoms with Crippen LogP contribution in [-0.4, -0.2) is 69.9 Å². The van der Waals surface area contributed by atoms with Crippen molar-refractivity contribution in [3.63, 3.8) is 0 Å². The van der Waals surface area contributed by atoms with Gasteiger partial charge in [0.1, 0.15) is 11.4 Å². The fourth-order valence-corrected chi connectivity index (χ4v) is 3.58. The molecule has 32 heavy (non-hydrogen) atoms. The molecule has 9 nitrogen and oxygen atoms in total.